The van der Waals surface area contributed by atoms with Crippen LogP contribution >= 0.6 is 11.3 Å². The van der Waals surface area contributed by atoms with Crippen LogP contribution in [-0.4, -0.2) is 70.8 Å². The summed E-state index contributed by atoms with van der Waals surface area (Å²) in [6.45, 7) is 1.92. The Balaban J connectivity index is 0.000000360. The molecule has 2 saturated heterocycles. The number of pyridine rings is 1. The molecule has 2 amide bonds. The summed E-state index contributed by atoms with van der Waals surface area (Å²) >= 11 is 1.58. The number of carbonyl (C=O) groups excluding carboxylic acids is 2. The highest BCUT2D eigenvalue weighted by atomic mass is 32.1. The van der Waals surface area contributed by atoms with Crippen LogP contribution in [0.5, 0.6) is 0 Å². The van der Waals surface area contributed by atoms with Crippen molar-refractivity contribution in [3.63, 3.8) is 0 Å². The molecule has 0 bridgehead atoms. The molecule has 0 unspecified atom stereocenters. The number of rotatable bonds is 2. The standard InChI is InChI=1S/C18H19N3O3S.C2HF3O2/c22-16-11-24-18(13-21(16)15-3-10-25-12-15)4-8-20(9-5-18)17(23)14-1-6-19-7-2-14;3-2(4,5)1(6)7/h1-3,6-7,10,12H,4-5,8-9,11,13H2;(H,6,7). The monoisotopic (exact) mass is 471 g/mol. The summed E-state index contributed by atoms with van der Waals surface area (Å²) in [5.74, 6) is -2.73. The number of piperidine rings is 1. The van der Waals surface area contributed by atoms with Gasteiger partial charge in [-0.3, -0.25) is 14.6 Å². The minimum absolute atomic E-state index is 0.000633. The van der Waals surface area contributed by atoms with E-state index in [1.807, 2.05) is 26.6 Å². The van der Waals surface area contributed by atoms with Gasteiger partial charge in [-0.15, -0.1) is 0 Å². The lowest BCUT2D eigenvalue weighted by atomic mass is 9.89. The lowest BCUT2D eigenvalue weighted by molar-refractivity contribution is -0.192. The second-order valence-corrected chi connectivity index (χ2v) is 8.04. The predicted molar refractivity (Wildman–Crippen MR) is 108 cm³/mol. The molecule has 2 aliphatic heterocycles. The molecule has 2 aromatic heterocycles. The van der Waals surface area contributed by atoms with Crippen molar-refractivity contribution in [1.82, 2.24) is 9.88 Å². The Labute approximate surface area is 185 Å². The predicted octanol–water partition coefficient (Wildman–Crippen LogP) is 2.81. The van der Waals surface area contributed by atoms with Crippen LogP contribution in [0.2, 0.25) is 0 Å². The largest absolute Gasteiger partial charge is 0.490 e. The Bertz CT molecular complexity index is 945. The van der Waals surface area contributed by atoms with E-state index in [0.29, 0.717) is 25.2 Å². The number of morpholine rings is 1. The molecule has 0 radical (unpaired) electrons. The van der Waals surface area contributed by atoms with Crippen LogP contribution in [0.3, 0.4) is 0 Å². The van der Waals surface area contributed by atoms with Gasteiger partial charge in [0.2, 0.25) is 0 Å². The van der Waals surface area contributed by atoms with Crippen LogP contribution in [0.1, 0.15) is 23.2 Å². The maximum atomic E-state index is 12.6. The third kappa shape index (κ3) is 5.62. The fraction of sp³-hybridized carbons (Fsp3) is 0.400. The Kier molecular flexibility index (Phi) is 7.14. The van der Waals surface area contributed by atoms with Gasteiger partial charge in [-0.25, -0.2) is 4.79 Å². The van der Waals surface area contributed by atoms with Crippen molar-refractivity contribution in [2.75, 3.05) is 31.1 Å². The number of halogens is 3. The first-order valence-corrected chi connectivity index (χ1v) is 10.5. The Hall–Kier alpha value is -2.99. The number of thiophene rings is 1. The van der Waals surface area contributed by atoms with Gasteiger partial charge in [0.25, 0.3) is 11.8 Å². The van der Waals surface area contributed by atoms with Crippen molar-refractivity contribution in [1.29, 1.82) is 0 Å². The molecule has 0 aliphatic carbocycles. The molecule has 1 N–H and O–H groups in total. The summed E-state index contributed by atoms with van der Waals surface area (Å²) in [7, 11) is 0. The number of hydrogen-bond donors (Lipinski definition) is 1. The van der Waals surface area contributed by atoms with E-state index in [9.17, 15) is 22.8 Å². The topological polar surface area (TPSA) is 100 Å². The fourth-order valence-corrected chi connectivity index (χ4v) is 4.10. The SMILES string of the molecule is O=C(O)C(F)(F)F.O=C(c1ccncc1)N1CCC2(CC1)CN(c1ccsc1)C(=O)CO2. The molecule has 0 aromatic carbocycles. The van der Waals surface area contributed by atoms with E-state index in [4.69, 9.17) is 14.6 Å². The summed E-state index contributed by atoms with van der Waals surface area (Å²) in [6, 6.07) is 5.44. The Morgan fingerprint density at radius 3 is 2.31 bits per heavy atom. The van der Waals surface area contributed by atoms with Crippen molar-refractivity contribution >= 4 is 34.8 Å². The summed E-state index contributed by atoms with van der Waals surface area (Å²) in [6.07, 6.45) is -0.351. The number of aromatic nitrogens is 1. The quantitative estimate of drug-likeness (QED) is 0.723. The summed E-state index contributed by atoms with van der Waals surface area (Å²) in [5.41, 5.74) is 1.24. The normalized spacial score (nSPS) is 18.2. The summed E-state index contributed by atoms with van der Waals surface area (Å²) < 4.78 is 37.7. The highest BCUT2D eigenvalue weighted by Gasteiger charge is 2.43. The minimum Gasteiger partial charge on any atom is -0.475 e. The van der Waals surface area contributed by atoms with E-state index in [-0.39, 0.29) is 24.0 Å². The average Bonchev–Trinajstić information content (AvgIpc) is 3.31. The number of nitrogens with zero attached hydrogens (tertiary/aromatic N) is 3. The van der Waals surface area contributed by atoms with Gasteiger partial charge in [-0.2, -0.15) is 24.5 Å². The maximum Gasteiger partial charge on any atom is 0.490 e. The molecule has 172 valence electrons. The highest BCUT2D eigenvalue weighted by Crippen LogP contribution is 2.33. The first-order chi connectivity index (χ1) is 15.1. The van der Waals surface area contributed by atoms with E-state index >= 15 is 0 Å². The number of hydrogen-bond acceptors (Lipinski definition) is 6. The number of anilines is 1. The van der Waals surface area contributed by atoms with Crippen molar-refractivity contribution in [3.05, 3.63) is 46.9 Å². The lowest BCUT2D eigenvalue weighted by Gasteiger charge is -2.46. The third-order valence-corrected chi connectivity index (χ3v) is 5.87. The van der Waals surface area contributed by atoms with Gasteiger partial charge < -0.3 is 19.6 Å². The second kappa shape index (κ2) is 9.65. The maximum absolute atomic E-state index is 12.6. The lowest BCUT2D eigenvalue weighted by Crippen LogP contribution is -2.59. The minimum atomic E-state index is -5.08. The zero-order valence-corrected chi connectivity index (χ0v) is 17.6. The molecule has 4 heterocycles. The van der Waals surface area contributed by atoms with Gasteiger partial charge in [-0.1, -0.05) is 0 Å². The molecule has 2 aliphatic rings. The number of likely N-dealkylation sites (tertiary alicyclic amines) is 1. The molecule has 0 saturated carbocycles. The molecule has 8 nitrogen and oxygen atoms in total. The average molecular weight is 471 g/mol. The number of alkyl halides is 3. The van der Waals surface area contributed by atoms with Crippen molar-refractivity contribution in [2.24, 2.45) is 0 Å². The number of amides is 2. The molecule has 1 spiro atoms. The number of aliphatic carboxylic acids is 1. The fourth-order valence-electron chi connectivity index (χ4n) is 3.46. The number of carbonyl (C=O) groups is 3. The Morgan fingerprint density at radius 2 is 1.78 bits per heavy atom. The summed E-state index contributed by atoms with van der Waals surface area (Å²) in [4.78, 5) is 41.3. The van der Waals surface area contributed by atoms with Crippen LogP contribution in [0.4, 0.5) is 18.9 Å². The van der Waals surface area contributed by atoms with E-state index < -0.39 is 12.1 Å². The third-order valence-electron chi connectivity index (χ3n) is 5.20. The number of carboxylic acid groups (broad SMARTS) is 1. The van der Waals surface area contributed by atoms with Crippen LogP contribution in [0, 0.1) is 0 Å². The van der Waals surface area contributed by atoms with E-state index in [1.54, 1.807) is 35.9 Å². The van der Waals surface area contributed by atoms with Crippen molar-refractivity contribution in [2.45, 2.75) is 24.6 Å². The smallest absolute Gasteiger partial charge is 0.475 e. The van der Waals surface area contributed by atoms with Crippen molar-refractivity contribution < 1.29 is 37.4 Å². The molecule has 12 heteroatoms. The van der Waals surface area contributed by atoms with Crippen LogP contribution < -0.4 is 4.90 Å². The molecule has 0 atom stereocenters. The van der Waals surface area contributed by atoms with Gasteiger partial charge in [-0.05, 0) is 36.4 Å². The molecular formula is C20H20F3N3O5S. The van der Waals surface area contributed by atoms with Crippen LogP contribution in [-0.2, 0) is 14.3 Å². The van der Waals surface area contributed by atoms with Crippen molar-refractivity contribution in [3.8, 4) is 0 Å². The molecule has 2 aromatic rings. The second-order valence-electron chi connectivity index (χ2n) is 7.26. The van der Waals surface area contributed by atoms with Gasteiger partial charge in [0.05, 0.1) is 17.8 Å². The first kappa shape index (κ1) is 23.7. The highest BCUT2D eigenvalue weighted by molar-refractivity contribution is 7.08. The van der Waals surface area contributed by atoms with Gasteiger partial charge in [0, 0.05) is 36.4 Å². The van der Waals surface area contributed by atoms with Crippen LogP contribution in [0.25, 0.3) is 0 Å². The van der Waals surface area contributed by atoms with E-state index in [0.717, 1.165) is 18.5 Å². The number of ether oxygens (including phenoxy) is 1. The van der Waals surface area contributed by atoms with Gasteiger partial charge in [0.1, 0.15) is 6.61 Å². The zero-order chi connectivity index (χ0) is 23.4. The molecule has 4 rings (SSSR count). The van der Waals surface area contributed by atoms with Crippen LogP contribution in [0.15, 0.2) is 41.4 Å². The van der Waals surface area contributed by atoms with E-state index in [2.05, 4.69) is 4.98 Å². The Morgan fingerprint density at radius 1 is 1.16 bits per heavy atom. The van der Waals surface area contributed by atoms with Gasteiger partial charge in [0.15, 0.2) is 0 Å². The summed E-state index contributed by atoms with van der Waals surface area (Å²) in [5, 5.41) is 11.1. The first-order valence-electron chi connectivity index (χ1n) is 9.57. The molecule has 2 fully saturated rings. The molecule has 32 heavy (non-hydrogen) atoms. The van der Waals surface area contributed by atoms with Gasteiger partial charge >= 0.3 is 12.1 Å². The van der Waals surface area contributed by atoms with E-state index in [1.165, 1.54) is 0 Å². The zero-order valence-electron chi connectivity index (χ0n) is 16.7. The number of carboxylic acids is 1. The molecular weight excluding hydrogens is 451 g/mol.